The van der Waals surface area contributed by atoms with Crippen molar-refractivity contribution in [2.45, 2.75) is 20.3 Å². The van der Waals surface area contributed by atoms with Gasteiger partial charge in [-0.1, -0.05) is 34.1 Å². The summed E-state index contributed by atoms with van der Waals surface area (Å²) in [5.41, 5.74) is 3.03. The van der Waals surface area contributed by atoms with Crippen LogP contribution >= 0.6 is 15.9 Å². The monoisotopic (exact) mass is 534 g/mol. The van der Waals surface area contributed by atoms with Crippen LogP contribution in [0.25, 0.3) is 0 Å². The van der Waals surface area contributed by atoms with Gasteiger partial charge in [-0.25, -0.2) is 0 Å². The van der Waals surface area contributed by atoms with E-state index in [1.54, 1.807) is 36.3 Å². The summed E-state index contributed by atoms with van der Waals surface area (Å²) in [6.45, 7) is 3.83. The molecule has 180 valence electrons. The predicted octanol–water partition coefficient (Wildman–Crippen LogP) is 4.73. The molecular weight excluding hydrogens is 508 g/mol. The minimum absolute atomic E-state index is 0.0998. The number of rotatable bonds is 5. The molecule has 3 amide bonds. The maximum Gasteiger partial charge on any atom is 0.259 e. The first-order chi connectivity index (χ1) is 16.8. The van der Waals surface area contributed by atoms with Gasteiger partial charge in [-0.15, -0.1) is 0 Å². The molecule has 1 saturated heterocycles. The Balaban J connectivity index is 1.38. The van der Waals surface area contributed by atoms with E-state index in [1.165, 1.54) is 4.90 Å². The van der Waals surface area contributed by atoms with Gasteiger partial charge in [0.15, 0.2) is 0 Å². The van der Waals surface area contributed by atoms with E-state index in [9.17, 15) is 14.4 Å². The normalized spacial score (nSPS) is 29.8. The Morgan fingerprint density at radius 2 is 1.69 bits per heavy atom. The summed E-state index contributed by atoms with van der Waals surface area (Å²) in [6.07, 6.45) is 5.44. The minimum atomic E-state index is -0.289. The van der Waals surface area contributed by atoms with Gasteiger partial charge >= 0.3 is 0 Å². The molecule has 7 heteroatoms. The van der Waals surface area contributed by atoms with Gasteiger partial charge in [0.25, 0.3) is 5.91 Å². The van der Waals surface area contributed by atoms with Crippen molar-refractivity contribution in [3.05, 3.63) is 69.7 Å². The Morgan fingerprint density at radius 3 is 2.31 bits per heavy atom. The molecule has 5 aliphatic rings. The molecule has 6 unspecified atom stereocenters. The number of nitrogens with zero attached hydrogens (tertiary/aromatic N) is 2. The summed E-state index contributed by atoms with van der Waals surface area (Å²) in [7, 11) is 1.56. The van der Waals surface area contributed by atoms with Gasteiger partial charge in [0.2, 0.25) is 11.8 Å². The van der Waals surface area contributed by atoms with E-state index < -0.39 is 0 Å². The molecule has 2 aromatic rings. The van der Waals surface area contributed by atoms with Gasteiger partial charge in [-0.05, 0) is 85.4 Å². The number of benzene rings is 2. The minimum Gasteiger partial charge on any atom is -0.497 e. The summed E-state index contributed by atoms with van der Waals surface area (Å²) in [4.78, 5) is 44.1. The van der Waals surface area contributed by atoms with Crippen molar-refractivity contribution in [2.75, 3.05) is 18.7 Å². The fourth-order valence-electron chi connectivity index (χ4n) is 6.53. The molecule has 2 aromatic carbocycles. The number of hydrogen-bond acceptors (Lipinski definition) is 4. The lowest BCUT2D eigenvalue weighted by Crippen LogP contribution is -2.45. The zero-order chi connectivity index (χ0) is 24.6. The van der Waals surface area contributed by atoms with Crippen LogP contribution < -0.4 is 9.64 Å². The number of imide groups is 1. The highest BCUT2D eigenvalue weighted by atomic mass is 79.9. The van der Waals surface area contributed by atoms with Gasteiger partial charge < -0.3 is 4.74 Å². The number of carbonyl (C=O) groups is 3. The van der Waals surface area contributed by atoms with Crippen molar-refractivity contribution in [2.24, 2.45) is 35.5 Å². The maximum absolute atomic E-state index is 13.9. The van der Waals surface area contributed by atoms with Crippen LogP contribution in [0.3, 0.4) is 0 Å². The number of methoxy groups -OCH3 is 1. The van der Waals surface area contributed by atoms with Gasteiger partial charge in [0.05, 0.1) is 18.9 Å². The Kier molecular flexibility index (Phi) is 5.18. The largest absolute Gasteiger partial charge is 0.497 e. The highest BCUT2D eigenvalue weighted by molar-refractivity contribution is 9.10. The van der Waals surface area contributed by atoms with Crippen LogP contribution in [-0.2, 0) is 9.59 Å². The highest BCUT2D eigenvalue weighted by Crippen LogP contribution is 2.65. The molecule has 7 rings (SSSR count). The first-order valence-corrected chi connectivity index (χ1v) is 12.9. The highest BCUT2D eigenvalue weighted by Gasteiger charge is 2.67. The summed E-state index contributed by atoms with van der Waals surface area (Å²) in [5, 5.41) is 0. The van der Waals surface area contributed by atoms with Crippen LogP contribution in [0.15, 0.2) is 53.0 Å². The molecule has 6 atom stereocenters. The molecule has 4 aliphatic carbocycles. The third-order valence-electron chi connectivity index (χ3n) is 8.58. The van der Waals surface area contributed by atoms with Crippen molar-refractivity contribution >= 4 is 39.3 Å². The van der Waals surface area contributed by atoms with E-state index in [0.717, 1.165) is 22.0 Å². The Hall–Kier alpha value is -2.93. The number of amides is 3. The summed E-state index contributed by atoms with van der Waals surface area (Å²) in [5.74, 6) is 0.799. The van der Waals surface area contributed by atoms with Crippen molar-refractivity contribution in [3.63, 3.8) is 0 Å². The van der Waals surface area contributed by atoms with E-state index in [2.05, 4.69) is 28.1 Å². The molecule has 0 aromatic heterocycles. The molecule has 1 aliphatic heterocycles. The second-order valence-electron chi connectivity index (χ2n) is 10.2. The lowest BCUT2D eigenvalue weighted by atomic mass is 9.63. The van der Waals surface area contributed by atoms with Crippen LogP contribution in [0.4, 0.5) is 5.69 Å². The fourth-order valence-corrected chi connectivity index (χ4v) is 6.96. The van der Waals surface area contributed by atoms with E-state index in [1.807, 2.05) is 26.0 Å². The zero-order valence-electron chi connectivity index (χ0n) is 19.9. The molecule has 0 radical (unpaired) electrons. The topological polar surface area (TPSA) is 66.9 Å². The van der Waals surface area contributed by atoms with Crippen LogP contribution in [0.1, 0.15) is 27.9 Å². The van der Waals surface area contributed by atoms with Gasteiger partial charge in [-0.3, -0.25) is 24.2 Å². The average molecular weight is 535 g/mol. The smallest absolute Gasteiger partial charge is 0.259 e. The van der Waals surface area contributed by atoms with Crippen LogP contribution in [0, 0.1) is 49.4 Å². The molecular formula is C28H27BrN2O4. The third-order valence-corrected chi connectivity index (χ3v) is 9.44. The molecule has 2 bridgehead atoms. The first kappa shape index (κ1) is 22.5. The first-order valence-electron chi connectivity index (χ1n) is 12.1. The van der Waals surface area contributed by atoms with Gasteiger partial charge in [-0.2, -0.15) is 0 Å². The second kappa shape index (κ2) is 8.05. The van der Waals surface area contributed by atoms with Crippen molar-refractivity contribution < 1.29 is 19.1 Å². The molecule has 35 heavy (non-hydrogen) atoms. The summed E-state index contributed by atoms with van der Waals surface area (Å²) >= 11 is 3.56. The van der Waals surface area contributed by atoms with Crippen molar-refractivity contribution in [3.8, 4) is 5.75 Å². The molecule has 3 fully saturated rings. The predicted molar refractivity (Wildman–Crippen MR) is 135 cm³/mol. The Morgan fingerprint density at radius 1 is 1.03 bits per heavy atom. The number of ether oxygens (including phenoxy) is 1. The number of carbonyl (C=O) groups excluding carboxylic acids is 3. The number of likely N-dealkylation sites (tertiary alicyclic amines) is 1. The van der Waals surface area contributed by atoms with Crippen molar-refractivity contribution in [1.29, 1.82) is 0 Å². The van der Waals surface area contributed by atoms with E-state index >= 15 is 0 Å². The third kappa shape index (κ3) is 3.31. The van der Waals surface area contributed by atoms with Crippen LogP contribution in [0.2, 0.25) is 0 Å². The second-order valence-corrected chi connectivity index (χ2v) is 11.0. The van der Waals surface area contributed by atoms with E-state index in [4.69, 9.17) is 4.74 Å². The standard InChI is InChI=1S/C28H27BrN2O4/c1-14-15(2)23(10-9-22(14)29)30(26(32)16-5-4-6-17(11-16)35-3)13-31-27(33)24-18-7-8-19(21-12-20(18)21)25(24)28(31)34/h4-11,18-21,24-25H,12-13H2,1-3H3. The van der Waals surface area contributed by atoms with E-state index in [0.29, 0.717) is 28.8 Å². The molecule has 0 N–H and O–H groups in total. The SMILES string of the molecule is COc1cccc(C(=O)N(CN2C(=O)C3C4C=CC(C5CC45)C3C2=O)c2ccc(Br)c(C)c2C)c1. The number of halogens is 1. The van der Waals surface area contributed by atoms with Gasteiger partial charge in [0, 0.05) is 15.7 Å². The zero-order valence-corrected chi connectivity index (χ0v) is 21.5. The van der Waals surface area contributed by atoms with Crippen LogP contribution in [0.5, 0.6) is 5.75 Å². The average Bonchev–Trinajstić information content (AvgIpc) is 3.66. The summed E-state index contributed by atoms with van der Waals surface area (Å²) < 4.78 is 6.26. The van der Waals surface area contributed by atoms with E-state index in [-0.39, 0.29) is 48.1 Å². The van der Waals surface area contributed by atoms with Gasteiger partial charge in [0.1, 0.15) is 12.4 Å². The molecule has 6 nitrogen and oxygen atoms in total. The van der Waals surface area contributed by atoms with Crippen molar-refractivity contribution in [1.82, 2.24) is 4.90 Å². The lowest BCUT2D eigenvalue weighted by Gasteiger charge is -2.37. The number of anilines is 1. The number of allylic oxidation sites excluding steroid dienone is 2. The maximum atomic E-state index is 13.9. The lowest BCUT2D eigenvalue weighted by molar-refractivity contribution is -0.140. The Bertz CT molecular complexity index is 1270. The molecule has 2 saturated carbocycles. The summed E-state index contributed by atoms with van der Waals surface area (Å²) in [6, 6.07) is 10.7. The number of hydrogen-bond donors (Lipinski definition) is 0. The fraction of sp³-hybridized carbons (Fsp3) is 0.393. The van der Waals surface area contributed by atoms with Crippen LogP contribution in [-0.4, -0.2) is 36.4 Å². The molecule has 1 heterocycles. The quantitative estimate of drug-likeness (QED) is 0.410. The Labute approximate surface area is 213 Å². The molecule has 0 spiro atoms.